The van der Waals surface area contributed by atoms with Gasteiger partial charge < -0.3 is 4.74 Å². The molecule has 0 aromatic carbocycles. The van der Waals surface area contributed by atoms with Crippen LogP contribution in [-0.2, 0) is 9.53 Å². The van der Waals surface area contributed by atoms with Gasteiger partial charge in [0.1, 0.15) is 0 Å². The Balaban J connectivity index is 3.40. The number of carbonyl (C=O) groups excluding carboxylic acids is 1. The van der Waals surface area contributed by atoms with E-state index in [0.717, 1.165) is 13.0 Å². The van der Waals surface area contributed by atoms with E-state index < -0.39 is 0 Å². The van der Waals surface area contributed by atoms with E-state index in [-0.39, 0.29) is 5.97 Å². The van der Waals surface area contributed by atoms with Crippen LogP contribution in [0.25, 0.3) is 0 Å². The Kier molecular flexibility index (Phi) is 5.84. The summed E-state index contributed by atoms with van der Waals surface area (Å²) in [7, 11) is 1.92. The predicted octanol–water partition coefficient (Wildman–Crippen LogP) is 0.891. The van der Waals surface area contributed by atoms with Crippen LogP contribution in [0, 0.1) is 0 Å². The van der Waals surface area contributed by atoms with Crippen LogP contribution in [-0.4, -0.2) is 37.6 Å². The van der Waals surface area contributed by atoms with Crippen molar-refractivity contribution in [1.29, 1.82) is 0 Å². The Hall–Kier alpha value is -0.570. The van der Waals surface area contributed by atoms with E-state index in [0.29, 0.717) is 13.2 Å². The lowest BCUT2D eigenvalue weighted by atomic mass is 10.4. The Labute approximate surface area is 68.3 Å². The van der Waals surface area contributed by atoms with Crippen LogP contribution >= 0.6 is 0 Å². The van der Waals surface area contributed by atoms with Crippen LogP contribution in [0.3, 0.4) is 0 Å². The maximum absolute atomic E-state index is 10.9. The van der Waals surface area contributed by atoms with Crippen molar-refractivity contribution in [1.82, 2.24) is 4.90 Å². The standard InChI is InChI=1S/C8H17NO2/c1-4-6-9(3)7-8(10)11-5-2/h4-7H2,1-3H3. The molecule has 0 radical (unpaired) electrons. The molecule has 0 saturated carbocycles. The molecule has 0 aliphatic rings. The van der Waals surface area contributed by atoms with Crippen molar-refractivity contribution < 1.29 is 9.53 Å². The highest BCUT2D eigenvalue weighted by Crippen LogP contribution is 1.87. The second-order valence-corrected chi connectivity index (χ2v) is 2.54. The van der Waals surface area contributed by atoms with Gasteiger partial charge >= 0.3 is 5.97 Å². The number of carbonyl (C=O) groups is 1. The van der Waals surface area contributed by atoms with Crippen LogP contribution in [0.4, 0.5) is 0 Å². The van der Waals surface area contributed by atoms with E-state index in [2.05, 4.69) is 6.92 Å². The van der Waals surface area contributed by atoms with Gasteiger partial charge in [-0.3, -0.25) is 9.69 Å². The van der Waals surface area contributed by atoms with Gasteiger partial charge in [0, 0.05) is 0 Å². The molecular weight excluding hydrogens is 142 g/mol. The zero-order valence-electron chi connectivity index (χ0n) is 7.59. The average Bonchev–Trinajstić information content (AvgIpc) is 1.87. The molecule has 11 heavy (non-hydrogen) atoms. The quantitative estimate of drug-likeness (QED) is 0.558. The normalized spacial score (nSPS) is 10.2. The highest BCUT2D eigenvalue weighted by Gasteiger charge is 2.04. The largest absolute Gasteiger partial charge is 0.465 e. The van der Waals surface area contributed by atoms with Crippen LogP contribution in [0.15, 0.2) is 0 Å². The molecule has 0 aromatic heterocycles. The van der Waals surface area contributed by atoms with E-state index in [1.54, 1.807) is 0 Å². The summed E-state index contributed by atoms with van der Waals surface area (Å²) in [6, 6.07) is 0. The number of hydrogen-bond donors (Lipinski definition) is 0. The molecule has 0 bridgehead atoms. The highest BCUT2D eigenvalue weighted by atomic mass is 16.5. The maximum Gasteiger partial charge on any atom is 0.320 e. The first-order chi connectivity index (χ1) is 5.20. The lowest BCUT2D eigenvalue weighted by Crippen LogP contribution is -2.27. The van der Waals surface area contributed by atoms with Gasteiger partial charge in [0.2, 0.25) is 0 Å². The van der Waals surface area contributed by atoms with Crippen molar-refractivity contribution in [3.05, 3.63) is 0 Å². The summed E-state index contributed by atoms with van der Waals surface area (Å²) in [4.78, 5) is 12.8. The minimum Gasteiger partial charge on any atom is -0.465 e. The minimum atomic E-state index is -0.136. The van der Waals surface area contributed by atoms with Gasteiger partial charge in [0.05, 0.1) is 13.2 Å². The molecule has 0 rings (SSSR count). The molecule has 0 heterocycles. The highest BCUT2D eigenvalue weighted by molar-refractivity contribution is 5.71. The van der Waals surface area contributed by atoms with Gasteiger partial charge in [-0.1, -0.05) is 6.92 Å². The Bertz CT molecular complexity index is 115. The number of esters is 1. The van der Waals surface area contributed by atoms with Crippen LogP contribution < -0.4 is 0 Å². The summed E-state index contributed by atoms with van der Waals surface area (Å²) < 4.78 is 4.78. The van der Waals surface area contributed by atoms with E-state index in [1.807, 2.05) is 18.9 Å². The van der Waals surface area contributed by atoms with Gasteiger partial charge in [-0.15, -0.1) is 0 Å². The van der Waals surface area contributed by atoms with Crippen molar-refractivity contribution in [2.75, 3.05) is 26.7 Å². The molecule has 0 aromatic rings. The molecule has 0 amide bonds. The topological polar surface area (TPSA) is 29.5 Å². The van der Waals surface area contributed by atoms with Crippen molar-refractivity contribution in [2.45, 2.75) is 20.3 Å². The van der Waals surface area contributed by atoms with Gasteiger partial charge in [-0.05, 0) is 26.9 Å². The van der Waals surface area contributed by atoms with E-state index >= 15 is 0 Å². The smallest absolute Gasteiger partial charge is 0.320 e. The van der Waals surface area contributed by atoms with Crippen LogP contribution in [0.1, 0.15) is 20.3 Å². The number of rotatable bonds is 5. The SMILES string of the molecule is CCCN(C)CC(=O)OCC. The molecule has 3 nitrogen and oxygen atoms in total. The Morgan fingerprint density at radius 1 is 1.45 bits per heavy atom. The van der Waals surface area contributed by atoms with Gasteiger partial charge in [0.15, 0.2) is 0 Å². The summed E-state index contributed by atoms with van der Waals surface area (Å²) >= 11 is 0. The summed E-state index contributed by atoms with van der Waals surface area (Å²) in [6.07, 6.45) is 1.07. The number of hydrogen-bond acceptors (Lipinski definition) is 3. The number of ether oxygens (including phenoxy) is 1. The summed E-state index contributed by atoms with van der Waals surface area (Å²) in [5, 5.41) is 0. The number of nitrogens with zero attached hydrogens (tertiary/aromatic N) is 1. The summed E-state index contributed by atoms with van der Waals surface area (Å²) in [5.41, 5.74) is 0. The molecule has 66 valence electrons. The maximum atomic E-state index is 10.9. The third-order valence-corrected chi connectivity index (χ3v) is 1.31. The second-order valence-electron chi connectivity index (χ2n) is 2.54. The Morgan fingerprint density at radius 2 is 2.09 bits per heavy atom. The summed E-state index contributed by atoms with van der Waals surface area (Å²) in [6.45, 7) is 5.72. The lowest BCUT2D eigenvalue weighted by Gasteiger charge is -2.13. The third kappa shape index (κ3) is 5.85. The first kappa shape index (κ1) is 10.4. The fourth-order valence-electron chi connectivity index (χ4n) is 0.888. The van der Waals surface area contributed by atoms with Crippen LogP contribution in [0.2, 0.25) is 0 Å². The van der Waals surface area contributed by atoms with E-state index in [1.165, 1.54) is 0 Å². The zero-order valence-corrected chi connectivity index (χ0v) is 7.59. The molecule has 0 atom stereocenters. The number of likely N-dealkylation sites (N-methyl/N-ethyl adjacent to an activating group) is 1. The molecule has 0 fully saturated rings. The second kappa shape index (κ2) is 6.16. The molecule has 0 unspecified atom stereocenters. The molecule has 0 saturated heterocycles. The average molecular weight is 159 g/mol. The van der Waals surface area contributed by atoms with Crippen molar-refractivity contribution in [3.8, 4) is 0 Å². The van der Waals surface area contributed by atoms with E-state index in [9.17, 15) is 4.79 Å². The molecule has 0 N–H and O–H groups in total. The molecule has 3 heteroatoms. The minimum absolute atomic E-state index is 0.136. The van der Waals surface area contributed by atoms with Gasteiger partial charge in [-0.2, -0.15) is 0 Å². The first-order valence-corrected chi connectivity index (χ1v) is 4.04. The van der Waals surface area contributed by atoms with Crippen molar-refractivity contribution >= 4 is 5.97 Å². The van der Waals surface area contributed by atoms with E-state index in [4.69, 9.17) is 4.74 Å². The zero-order chi connectivity index (χ0) is 8.69. The van der Waals surface area contributed by atoms with Crippen molar-refractivity contribution in [2.24, 2.45) is 0 Å². The predicted molar refractivity (Wildman–Crippen MR) is 44.4 cm³/mol. The molecule has 0 aliphatic heterocycles. The Morgan fingerprint density at radius 3 is 2.55 bits per heavy atom. The summed E-state index contributed by atoms with van der Waals surface area (Å²) in [5.74, 6) is -0.136. The first-order valence-electron chi connectivity index (χ1n) is 4.04. The van der Waals surface area contributed by atoms with Crippen molar-refractivity contribution in [3.63, 3.8) is 0 Å². The molecule has 0 spiro atoms. The van der Waals surface area contributed by atoms with Gasteiger partial charge in [-0.25, -0.2) is 0 Å². The monoisotopic (exact) mass is 159 g/mol. The van der Waals surface area contributed by atoms with Gasteiger partial charge in [0.25, 0.3) is 0 Å². The van der Waals surface area contributed by atoms with Crippen LogP contribution in [0.5, 0.6) is 0 Å². The fourth-order valence-corrected chi connectivity index (χ4v) is 0.888. The molecule has 0 aliphatic carbocycles. The fraction of sp³-hybridized carbons (Fsp3) is 0.875. The molecular formula is C8H17NO2. The third-order valence-electron chi connectivity index (χ3n) is 1.31. The lowest BCUT2D eigenvalue weighted by molar-refractivity contribution is -0.144.